The molecule has 2 atom stereocenters. The zero-order chi connectivity index (χ0) is 10.8. The van der Waals surface area contributed by atoms with E-state index in [9.17, 15) is 0 Å². The van der Waals surface area contributed by atoms with Crippen LogP contribution in [0.15, 0.2) is 24.3 Å². The average Bonchev–Trinajstić information content (AvgIpc) is 2.17. The van der Waals surface area contributed by atoms with Crippen LogP contribution < -0.4 is 10.6 Å². The second kappa shape index (κ2) is 4.35. The van der Waals surface area contributed by atoms with E-state index in [1.54, 1.807) is 0 Å². The van der Waals surface area contributed by atoms with Gasteiger partial charge < -0.3 is 10.6 Å². The smallest absolute Gasteiger partial charge is 0.0368 e. The molecule has 1 saturated heterocycles. The molecule has 0 aromatic heterocycles. The Kier molecular flexibility index (Phi) is 3.10. The van der Waals surface area contributed by atoms with E-state index in [4.69, 9.17) is 5.73 Å². The first-order valence-electron chi connectivity index (χ1n) is 5.41. The van der Waals surface area contributed by atoms with Crippen LogP contribution in [0.25, 0.3) is 0 Å². The largest absolute Gasteiger partial charge is 0.399 e. The van der Waals surface area contributed by atoms with Gasteiger partial charge in [-0.15, -0.1) is 0 Å². The first-order valence-corrected chi connectivity index (χ1v) is 6.35. The van der Waals surface area contributed by atoms with Crippen molar-refractivity contribution in [3.05, 3.63) is 24.3 Å². The molecule has 2 unspecified atom stereocenters. The van der Waals surface area contributed by atoms with Crippen LogP contribution in [0.3, 0.4) is 0 Å². The second-order valence-electron chi connectivity index (χ2n) is 4.25. The normalized spacial score (nSPS) is 26.7. The molecule has 0 radical (unpaired) electrons. The quantitative estimate of drug-likeness (QED) is 0.741. The van der Waals surface area contributed by atoms with Gasteiger partial charge in [0.2, 0.25) is 0 Å². The average molecular weight is 222 g/mol. The first-order chi connectivity index (χ1) is 7.15. The first kappa shape index (κ1) is 10.7. The summed E-state index contributed by atoms with van der Waals surface area (Å²) >= 11 is 2.08. The highest BCUT2D eigenvalue weighted by atomic mass is 32.2. The number of anilines is 2. The van der Waals surface area contributed by atoms with Gasteiger partial charge in [0, 0.05) is 35.0 Å². The third-order valence-corrected chi connectivity index (χ3v) is 3.91. The molecule has 1 aliphatic rings. The summed E-state index contributed by atoms with van der Waals surface area (Å²) in [4.78, 5) is 2.45. The summed E-state index contributed by atoms with van der Waals surface area (Å²) in [6, 6.07) is 8.19. The van der Waals surface area contributed by atoms with E-state index in [1.165, 1.54) is 5.69 Å². The Labute approximate surface area is 95.8 Å². The van der Waals surface area contributed by atoms with Crippen molar-refractivity contribution in [1.29, 1.82) is 0 Å². The lowest BCUT2D eigenvalue weighted by molar-refractivity contribution is 0.728. The van der Waals surface area contributed by atoms with Crippen molar-refractivity contribution in [2.45, 2.75) is 24.3 Å². The van der Waals surface area contributed by atoms with E-state index in [1.807, 2.05) is 12.1 Å². The Morgan fingerprint density at radius 3 is 2.20 bits per heavy atom. The molecule has 1 fully saturated rings. The topological polar surface area (TPSA) is 29.3 Å². The fourth-order valence-electron chi connectivity index (χ4n) is 2.07. The van der Waals surface area contributed by atoms with Gasteiger partial charge in [0.25, 0.3) is 0 Å². The Morgan fingerprint density at radius 1 is 1.13 bits per heavy atom. The highest BCUT2D eigenvalue weighted by Crippen LogP contribution is 2.28. The molecule has 2 N–H and O–H groups in total. The van der Waals surface area contributed by atoms with Crippen molar-refractivity contribution in [3.63, 3.8) is 0 Å². The summed E-state index contributed by atoms with van der Waals surface area (Å²) in [5.41, 5.74) is 7.82. The summed E-state index contributed by atoms with van der Waals surface area (Å²) in [5, 5.41) is 1.43. The van der Waals surface area contributed by atoms with Gasteiger partial charge in [-0.05, 0) is 24.3 Å². The Balaban J connectivity index is 2.12. The molecule has 1 aromatic carbocycles. The number of hydrogen-bond acceptors (Lipinski definition) is 3. The molecule has 2 nitrogen and oxygen atoms in total. The summed E-state index contributed by atoms with van der Waals surface area (Å²) in [6.07, 6.45) is 0. The van der Waals surface area contributed by atoms with Crippen molar-refractivity contribution in [3.8, 4) is 0 Å². The zero-order valence-electron chi connectivity index (χ0n) is 9.31. The van der Waals surface area contributed by atoms with Gasteiger partial charge in [-0.25, -0.2) is 0 Å². The molecular formula is C12H18N2S. The minimum Gasteiger partial charge on any atom is -0.399 e. The van der Waals surface area contributed by atoms with Crippen LogP contribution in [0.4, 0.5) is 11.4 Å². The SMILES string of the molecule is CC1CN(c2ccc(N)cc2)CC(C)S1. The van der Waals surface area contributed by atoms with Crippen LogP contribution in [0, 0.1) is 0 Å². The van der Waals surface area contributed by atoms with Gasteiger partial charge in [0.1, 0.15) is 0 Å². The molecule has 0 amide bonds. The zero-order valence-corrected chi connectivity index (χ0v) is 10.1. The molecule has 2 rings (SSSR count). The lowest BCUT2D eigenvalue weighted by Gasteiger charge is -2.36. The van der Waals surface area contributed by atoms with E-state index < -0.39 is 0 Å². The molecular weight excluding hydrogens is 204 g/mol. The molecule has 1 aliphatic heterocycles. The monoisotopic (exact) mass is 222 g/mol. The molecule has 1 heterocycles. The third-order valence-electron chi connectivity index (χ3n) is 2.68. The van der Waals surface area contributed by atoms with Crippen LogP contribution in [0.5, 0.6) is 0 Å². The van der Waals surface area contributed by atoms with E-state index in [0.717, 1.165) is 18.8 Å². The maximum atomic E-state index is 5.69. The summed E-state index contributed by atoms with van der Waals surface area (Å²) in [7, 11) is 0. The fraction of sp³-hybridized carbons (Fsp3) is 0.500. The van der Waals surface area contributed by atoms with Gasteiger partial charge in [0.05, 0.1) is 0 Å². The fourth-order valence-corrected chi connectivity index (χ4v) is 3.40. The van der Waals surface area contributed by atoms with Gasteiger partial charge >= 0.3 is 0 Å². The highest BCUT2D eigenvalue weighted by Gasteiger charge is 2.22. The summed E-state index contributed by atoms with van der Waals surface area (Å²) in [6.45, 7) is 6.87. The molecule has 0 spiro atoms. The van der Waals surface area contributed by atoms with Gasteiger partial charge in [-0.2, -0.15) is 11.8 Å². The molecule has 3 heteroatoms. The number of hydrogen-bond donors (Lipinski definition) is 1. The molecule has 0 saturated carbocycles. The number of nitrogens with zero attached hydrogens (tertiary/aromatic N) is 1. The second-order valence-corrected chi connectivity index (χ2v) is 6.14. The van der Waals surface area contributed by atoms with Crippen molar-refractivity contribution in [2.75, 3.05) is 23.7 Å². The van der Waals surface area contributed by atoms with Crippen LogP contribution in [-0.4, -0.2) is 23.6 Å². The number of nitrogen functional groups attached to an aromatic ring is 1. The summed E-state index contributed by atoms with van der Waals surface area (Å²) < 4.78 is 0. The Hall–Kier alpha value is -0.830. The third kappa shape index (κ3) is 2.59. The van der Waals surface area contributed by atoms with Crippen molar-refractivity contribution in [2.24, 2.45) is 0 Å². The summed E-state index contributed by atoms with van der Waals surface area (Å²) in [5.74, 6) is 0. The van der Waals surface area contributed by atoms with E-state index >= 15 is 0 Å². The van der Waals surface area contributed by atoms with E-state index in [2.05, 4.69) is 42.6 Å². The maximum absolute atomic E-state index is 5.69. The minimum atomic E-state index is 0.714. The predicted octanol–water partition coefficient (Wildman–Crippen LogP) is 2.60. The number of rotatable bonds is 1. The van der Waals surface area contributed by atoms with Gasteiger partial charge in [0.15, 0.2) is 0 Å². The van der Waals surface area contributed by atoms with Crippen molar-refractivity contribution >= 4 is 23.1 Å². The van der Waals surface area contributed by atoms with Crippen LogP contribution >= 0.6 is 11.8 Å². The lowest BCUT2D eigenvalue weighted by atomic mass is 10.2. The number of benzene rings is 1. The molecule has 0 bridgehead atoms. The van der Waals surface area contributed by atoms with Crippen LogP contribution in [-0.2, 0) is 0 Å². The molecule has 15 heavy (non-hydrogen) atoms. The molecule has 82 valence electrons. The van der Waals surface area contributed by atoms with Gasteiger partial charge in [-0.1, -0.05) is 13.8 Å². The minimum absolute atomic E-state index is 0.714. The number of nitrogens with two attached hydrogens (primary N) is 1. The predicted molar refractivity (Wildman–Crippen MR) is 69.6 cm³/mol. The van der Waals surface area contributed by atoms with E-state index in [0.29, 0.717) is 10.5 Å². The van der Waals surface area contributed by atoms with E-state index in [-0.39, 0.29) is 0 Å². The Morgan fingerprint density at radius 2 is 1.67 bits per heavy atom. The lowest BCUT2D eigenvalue weighted by Crippen LogP contribution is -2.40. The van der Waals surface area contributed by atoms with Crippen LogP contribution in [0.2, 0.25) is 0 Å². The van der Waals surface area contributed by atoms with Crippen LogP contribution in [0.1, 0.15) is 13.8 Å². The standard InChI is InChI=1S/C12H18N2S/c1-9-7-14(8-10(2)15-9)12-5-3-11(13)4-6-12/h3-6,9-10H,7-8,13H2,1-2H3. The number of thioether (sulfide) groups is 1. The highest BCUT2D eigenvalue weighted by molar-refractivity contribution is 8.00. The van der Waals surface area contributed by atoms with Crippen molar-refractivity contribution < 1.29 is 0 Å². The molecule has 1 aromatic rings. The Bertz CT molecular complexity index is 313. The van der Waals surface area contributed by atoms with Crippen molar-refractivity contribution in [1.82, 2.24) is 0 Å². The van der Waals surface area contributed by atoms with Gasteiger partial charge in [-0.3, -0.25) is 0 Å². The molecule has 0 aliphatic carbocycles. The maximum Gasteiger partial charge on any atom is 0.0368 e.